The number of carboxylic acids is 1. The van der Waals surface area contributed by atoms with Crippen LogP contribution in [0.25, 0.3) is 0 Å². The summed E-state index contributed by atoms with van der Waals surface area (Å²) in [5, 5.41) is 11.6. The van der Waals surface area contributed by atoms with Gasteiger partial charge in [0.1, 0.15) is 29.5 Å². The maximum Gasteiger partial charge on any atom is 0.352 e. The lowest BCUT2D eigenvalue weighted by molar-refractivity contribution is -0.151. The molecule has 1 aromatic rings. The lowest BCUT2D eigenvalue weighted by atomic mass is 10.0. The normalized spacial score (nSPS) is 21.7. The molecule has 9 nitrogen and oxygen atoms in total. The van der Waals surface area contributed by atoms with Gasteiger partial charge in [-0.2, -0.15) is 0 Å². The number of thioether (sulfide) groups is 1. The zero-order valence-electron chi connectivity index (χ0n) is 13.8. The predicted molar refractivity (Wildman–Crippen MR) is 88.7 cm³/mol. The van der Waals surface area contributed by atoms with E-state index in [-0.39, 0.29) is 30.4 Å². The highest BCUT2D eigenvalue weighted by Crippen LogP contribution is 2.40. The molecule has 138 valence electrons. The largest absolute Gasteiger partial charge is 0.477 e. The van der Waals surface area contributed by atoms with Crippen molar-refractivity contribution in [3.63, 3.8) is 0 Å². The molecule has 2 amide bonds. The number of ether oxygens (including phenoxy) is 1. The molecule has 0 bridgehead atoms. The molecule has 0 saturated carbocycles. The second-order valence-electron chi connectivity index (χ2n) is 5.75. The fourth-order valence-corrected chi connectivity index (χ4v) is 4.11. The molecular weight excluding hydrogens is 364 g/mol. The molecule has 0 spiro atoms. The third-order valence-corrected chi connectivity index (χ3v) is 5.27. The monoisotopic (exact) mass is 380 g/mol. The number of fused-ring (bicyclic) bond motifs is 1. The number of nitrogens with zero attached hydrogens (tertiary/aromatic N) is 1. The van der Waals surface area contributed by atoms with Crippen LogP contribution in [0, 0.1) is 0 Å². The fourth-order valence-electron chi connectivity index (χ4n) is 2.78. The summed E-state index contributed by atoms with van der Waals surface area (Å²) in [5.74, 6) is -1.94. The number of carbonyl (C=O) groups excluding carboxylic acids is 3. The van der Waals surface area contributed by atoms with Crippen LogP contribution in [-0.4, -0.2) is 57.5 Å². The van der Waals surface area contributed by atoms with Crippen LogP contribution in [0.3, 0.4) is 0 Å². The van der Waals surface area contributed by atoms with E-state index in [0.29, 0.717) is 11.3 Å². The number of esters is 1. The number of carboxylic acid groups (broad SMARTS) is 1. The van der Waals surface area contributed by atoms with Crippen LogP contribution in [0.5, 0.6) is 0 Å². The number of hydrogen-bond acceptors (Lipinski definition) is 7. The first-order valence-electron chi connectivity index (χ1n) is 7.73. The van der Waals surface area contributed by atoms with Gasteiger partial charge in [-0.25, -0.2) is 4.79 Å². The molecule has 3 rings (SSSR count). The van der Waals surface area contributed by atoms with Crippen molar-refractivity contribution in [1.82, 2.24) is 10.2 Å². The molecule has 10 heteroatoms. The maximum atomic E-state index is 12.4. The molecule has 1 aromatic heterocycles. The summed E-state index contributed by atoms with van der Waals surface area (Å²) in [6.45, 7) is 1.04. The molecule has 2 aliphatic rings. The van der Waals surface area contributed by atoms with Gasteiger partial charge in [0.25, 0.3) is 5.91 Å². The average molecular weight is 380 g/mol. The van der Waals surface area contributed by atoms with E-state index in [9.17, 15) is 24.3 Å². The van der Waals surface area contributed by atoms with E-state index in [1.807, 2.05) is 0 Å². The van der Waals surface area contributed by atoms with Crippen molar-refractivity contribution < 1.29 is 33.4 Å². The second kappa shape index (κ2) is 7.24. The quantitative estimate of drug-likeness (QED) is 0.527. The van der Waals surface area contributed by atoms with Gasteiger partial charge >= 0.3 is 11.9 Å². The van der Waals surface area contributed by atoms with Gasteiger partial charge in [-0.05, 0) is 12.1 Å². The zero-order valence-corrected chi connectivity index (χ0v) is 14.6. The van der Waals surface area contributed by atoms with Crippen molar-refractivity contribution in [2.45, 2.75) is 24.8 Å². The molecule has 2 aliphatic heterocycles. The van der Waals surface area contributed by atoms with E-state index in [0.717, 1.165) is 4.90 Å². The number of amides is 2. The summed E-state index contributed by atoms with van der Waals surface area (Å²) >= 11 is 1.31. The molecule has 2 N–H and O–H groups in total. The van der Waals surface area contributed by atoms with E-state index in [2.05, 4.69) is 5.32 Å². The highest BCUT2D eigenvalue weighted by atomic mass is 32.2. The Morgan fingerprint density at radius 1 is 1.46 bits per heavy atom. The van der Waals surface area contributed by atoms with Gasteiger partial charge in [0.05, 0.1) is 12.7 Å². The second-order valence-corrected chi connectivity index (χ2v) is 6.85. The van der Waals surface area contributed by atoms with Crippen molar-refractivity contribution >= 4 is 35.5 Å². The average Bonchev–Trinajstić information content (AvgIpc) is 3.09. The highest BCUT2D eigenvalue weighted by Gasteiger charge is 2.54. The summed E-state index contributed by atoms with van der Waals surface area (Å²) in [6.07, 6.45) is 1.44. The number of furan rings is 1. The van der Waals surface area contributed by atoms with Crippen LogP contribution in [0.15, 0.2) is 34.1 Å². The summed E-state index contributed by atoms with van der Waals surface area (Å²) in [5.41, 5.74) is 0.166. The van der Waals surface area contributed by atoms with Crippen molar-refractivity contribution in [1.29, 1.82) is 0 Å². The van der Waals surface area contributed by atoms with Crippen LogP contribution in [0.2, 0.25) is 0 Å². The van der Waals surface area contributed by atoms with Crippen LogP contribution >= 0.6 is 11.8 Å². The van der Waals surface area contributed by atoms with Gasteiger partial charge in [-0.3, -0.25) is 19.3 Å². The highest BCUT2D eigenvalue weighted by molar-refractivity contribution is 8.00. The maximum absolute atomic E-state index is 12.4. The standard InChI is InChI=1S/C16H16N2O7S/c1-8(19)25-6-9-7-26-15-12(14(21)18(15)13(9)16(22)23)17-11(20)5-10-3-2-4-24-10/h2-4,12,15H,5-7H2,1H3,(H,17,20)(H,22,23). The number of hydrogen-bond donors (Lipinski definition) is 2. The van der Waals surface area contributed by atoms with Gasteiger partial charge < -0.3 is 19.6 Å². The smallest absolute Gasteiger partial charge is 0.352 e. The van der Waals surface area contributed by atoms with Gasteiger partial charge in [-0.15, -0.1) is 11.8 Å². The van der Waals surface area contributed by atoms with Gasteiger partial charge in [0, 0.05) is 18.2 Å². The minimum absolute atomic E-state index is 0.00645. The predicted octanol–water partition coefficient (Wildman–Crippen LogP) is 0.124. The first-order valence-corrected chi connectivity index (χ1v) is 8.78. The minimum Gasteiger partial charge on any atom is -0.477 e. The molecule has 2 unspecified atom stereocenters. The molecule has 26 heavy (non-hydrogen) atoms. The summed E-state index contributed by atoms with van der Waals surface area (Å²) in [6, 6.07) is 2.51. The first-order chi connectivity index (χ1) is 12.4. The lowest BCUT2D eigenvalue weighted by Crippen LogP contribution is -2.70. The number of rotatable bonds is 6. The molecular formula is C16H16N2O7S. The van der Waals surface area contributed by atoms with E-state index in [1.54, 1.807) is 12.1 Å². The third-order valence-electron chi connectivity index (χ3n) is 3.93. The summed E-state index contributed by atoms with van der Waals surface area (Å²) in [7, 11) is 0. The minimum atomic E-state index is -1.27. The zero-order chi connectivity index (χ0) is 18.8. The Balaban J connectivity index is 1.69. The van der Waals surface area contributed by atoms with Crippen LogP contribution < -0.4 is 5.32 Å². The Kier molecular flexibility index (Phi) is 5.03. The molecule has 3 heterocycles. The Morgan fingerprint density at radius 3 is 2.85 bits per heavy atom. The van der Waals surface area contributed by atoms with Crippen LogP contribution in [-0.2, 0) is 30.3 Å². The van der Waals surface area contributed by atoms with E-state index in [1.165, 1.54) is 24.9 Å². The van der Waals surface area contributed by atoms with Crippen molar-refractivity contribution in [3.8, 4) is 0 Å². The Labute approximate surface area is 152 Å². The number of nitrogens with one attached hydrogen (secondary N) is 1. The van der Waals surface area contributed by atoms with E-state index < -0.39 is 29.3 Å². The van der Waals surface area contributed by atoms with Gasteiger partial charge in [0.2, 0.25) is 5.91 Å². The lowest BCUT2D eigenvalue weighted by Gasteiger charge is -2.49. The van der Waals surface area contributed by atoms with Crippen LogP contribution in [0.4, 0.5) is 0 Å². The summed E-state index contributed by atoms with van der Waals surface area (Å²) < 4.78 is 9.95. The summed E-state index contributed by atoms with van der Waals surface area (Å²) in [4.78, 5) is 48.1. The molecule has 0 aliphatic carbocycles. The van der Waals surface area contributed by atoms with Crippen LogP contribution in [0.1, 0.15) is 12.7 Å². The number of carbonyl (C=O) groups is 4. The van der Waals surface area contributed by atoms with Crippen molar-refractivity contribution in [2.75, 3.05) is 12.4 Å². The molecule has 1 fully saturated rings. The van der Waals surface area contributed by atoms with Crippen molar-refractivity contribution in [2.24, 2.45) is 0 Å². The Morgan fingerprint density at radius 2 is 2.23 bits per heavy atom. The first kappa shape index (κ1) is 18.1. The third kappa shape index (κ3) is 3.45. The van der Waals surface area contributed by atoms with Gasteiger partial charge in [-0.1, -0.05) is 0 Å². The molecule has 0 radical (unpaired) electrons. The molecule has 2 atom stereocenters. The SMILES string of the molecule is CC(=O)OCC1=C(C(=O)O)N2C(=O)C(NC(=O)Cc3ccco3)C2SC1. The Bertz CT molecular complexity index is 787. The van der Waals surface area contributed by atoms with Crippen molar-refractivity contribution in [3.05, 3.63) is 35.4 Å². The molecule has 0 aromatic carbocycles. The number of aliphatic carboxylic acids is 1. The van der Waals surface area contributed by atoms with Gasteiger partial charge in [0.15, 0.2) is 0 Å². The van der Waals surface area contributed by atoms with E-state index >= 15 is 0 Å². The topological polar surface area (TPSA) is 126 Å². The molecule has 1 saturated heterocycles. The number of β-lactam (4-membered cyclic amide) rings is 1. The van der Waals surface area contributed by atoms with E-state index in [4.69, 9.17) is 9.15 Å². The fraction of sp³-hybridized carbons (Fsp3) is 0.375. The Hall–Kier alpha value is -2.75.